The molecule has 0 atom stereocenters. The Morgan fingerprint density at radius 3 is 2.00 bits per heavy atom. The molecular formula is C24H26N2OS. The topological polar surface area (TPSA) is 42.0 Å². The minimum atomic E-state index is -0.424. The summed E-state index contributed by atoms with van der Waals surface area (Å²) in [6.07, 6.45) is 2.88. The van der Waals surface area contributed by atoms with E-state index in [0.717, 1.165) is 25.0 Å². The Balaban J connectivity index is 1.69. The van der Waals surface area contributed by atoms with Crippen molar-refractivity contribution in [3.8, 4) is 0 Å². The first kappa shape index (κ1) is 18.9. The molecule has 0 bridgehead atoms. The van der Waals surface area contributed by atoms with Crippen LogP contribution in [0.3, 0.4) is 0 Å². The van der Waals surface area contributed by atoms with Crippen molar-refractivity contribution >= 4 is 22.4 Å². The van der Waals surface area contributed by atoms with Gasteiger partial charge in [0.25, 0.3) is 0 Å². The number of amides is 1. The van der Waals surface area contributed by atoms with Gasteiger partial charge in [-0.2, -0.15) is 0 Å². The van der Waals surface area contributed by atoms with E-state index in [2.05, 4.69) is 72.7 Å². The zero-order chi connectivity index (χ0) is 19.6. The maximum atomic E-state index is 13.5. The van der Waals surface area contributed by atoms with Crippen LogP contribution in [0.15, 0.2) is 66.0 Å². The van der Waals surface area contributed by atoms with E-state index in [1.807, 2.05) is 17.5 Å². The number of benzene rings is 2. The molecule has 1 aliphatic rings. The Bertz CT molecular complexity index is 890. The number of hydrogen-bond acceptors (Lipinski definition) is 3. The largest absolute Gasteiger partial charge is 0.301 e. The molecule has 1 saturated carbocycles. The van der Waals surface area contributed by atoms with Crippen LogP contribution in [0.5, 0.6) is 0 Å². The van der Waals surface area contributed by atoms with Crippen molar-refractivity contribution in [2.75, 3.05) is 5.32 Å². The van der Waals surface area contributed by atoms with Gasteiger partial charge < -0.3 is 5.32 Å². The highest BCUT2D eigenvalue weighted by Crippen LogP contribution is 2.54. The Hall–Kier alpha value is -2.46. The third-order valence-corrected chi connectivity index (χ3v) is 6.63. The zero-order valence-electron chi connectivity index (χ0n) is 16.4. The lowest BCUT2D eigenvalue weighted by molar-refractivity contribution is -0.131. The van der Waals surface area contributed by atoms with Crippen LogP contribution >= 0.6 is 11.3 Å². The molecule has 1 fully saturated rings. The van der Waals surface area contributed by atoms with Crippen molar-refractivity contribution in [2.24, 2.45) is 5.41 Å². The average molecular weight is 391 g/mol. The molecule has 1 aliphatic carbocycles. The van der Waals surface area contributed by atoms with Crippen molar-refractivity contribution in [1.29, 1.82) is 0 Å². The van der Waals surface area contributed by atoms with Crippen LogP contribution in [-0.4, -0.2) is 10.9 Å². The van der Waals surface area contributed by atoms with Gasteiger partial charge in [-0.25, -0.2) is 4.98 Å². The SMILES string of the molecule is CC(C)c1csc(NC(=O)C2(C(c3ccccc3)c3ccccc3)CCC2)n1. The molecule has 144 valence electrons. The number of rotatable bonds is 6. The molecule has 3 aromatic rings. The normalized spacial score (nSPS) is 15.4. The summed E-state index contributed by atoms with van der Waals surface area (Å²) in [6, 6.07) is 20.9. The lowest BCUT2D eigenvalue weighted by atomic mass is 9.57. The molecule has 0 spiro atoms. The predicted molar refractivity (Wildman–Crippen MR) is 116 cm³/mol. The van der Waals surface area contributed by atoms with Crippen LogP contribution in [0.2, 0.25) is 0 Å². The second-order valence-electron chi connectivity index (χ2n) is 7.95. The third-order valence-electron chi connectivity index (χ3n) is 5.85. The molecule has 2 aromatic carbocycles. The summed E-state index contributed by atoms with van der Waals surface area (Å²) in [4.78, 5) is 18.2. The second kappa shape index (κ2) is 7.88. The molecule has 0 aliphatic heterocycles. The van der Waals surface area contributed by atoms with Crippen LogP contribution < -0.4 is 5.32 Å². The van der Waals surface area contributed by atoms with Gasteiger partial charge in [-0.1, -0.05) is 80.9 Å². The minimum Gasteiger partial charge on any atom is -0.301 e. The van der Waals surface area contributed by atoms with Gasteiger partial charge in [0, 0.05) is 11.3 Å². The molecule has 4 rings (SSSR count). The maximum Gasteiger partial charge on any atom is 0.233 e. The molecule has 1 amide bonds. The Kier molecular flexibility index (Phi) is 5.31. The maximum absolute atomic E-state index is 13.5. The average Bonchev–Trinajstić information content (AvgIpc) is 3.14. The van der Waals surface area contributed by atoms with Crippen LogP contribution in [0, 0.1) is 5.41 Å². The van der Waals surface area contributed by atoms with Gasteiger partial charge in [0.15, 0.2) is 5.13 Å². The van der Waals surface area contributed by atoms with E-state index in [9.17, 15) is 4.79 Å². The number of aromatic nitrogens is 1. The monoisotopic (exact) mass is 390 g/mol. The number of carbonyl (C=O) groups excluding carboxylic acids is 1. The van der Waals surface area contributed by atoms with Gasteiger partial charge in [-0.15, -0.1) is 11.3 Å². The van der Waals surface area contributed by atoms with E-state index in [0.29, 0.717) is 11.0 Å². The molecule has 1 N–H and O–H groups in total. The fourth-order valence-electron chi connectivity index (χ4n) is 4.16. The molecule has 28 heavy (non-hydrogen) atoms. The summed E-state index contributed by atoms with van der Waals surface area (Å²) in [5, 5.41) is 5.90. The summed E-state index contributed by atoms with van der Waals surface area (Å²) in [6.45, 7) is 4.24. The van der Waals surface area contributed by atoms with Crippen molar-refractivity contribution in [1.82, 2.24) is 4.98 Å². The van der Waals surface area contributed by atoms with Crippen molar-refractivity contribution in [3.63, 3.8) is 0 Å². The molecule has 0 saturated heterocycles. The van der Waals surface area contributed by atoms with Crippen LogP contribution in [0.25, 0.3) is 0 Å². The van der Waals surface area contributed by atoms with E-state index < -0.39 is 5.41 Å². The smallest absolute Gasteiger partial charge is 0.233 e. The Morgan fingerprint density at radius 1 is 1.00 bits per heavy atom. The van der Waals surface area contributed by atoms with E-state index in [1.54, 1.807) is 0 Å². The first-order chi connectivity index (χ1) is 13.6. The molecule has 0 unspecified atom stereocenters. The molecular weight excluding hydrogens is 364 g/mol. The zero-order valence-corrected chi connectivity index (χ0v) is 17.2. The summed E-state index contributed by atoms with van der Waals surface area (Å²) in [5.74, 6) is 0.509. The number of carbonyl (C=O) groups is 1. The van der Waals surface area contributed by atoms with Crippen molar-refractivity contribution in [2.45, 2.75) is 44.9 Å². The first-order valence-electron chi connectivity index (χ1n) is 9.97. The molecule has 1 aromatic heterocycles. The minimum absolute atomic E-state index is 0.0492. The predicted octanol–water partition coefficient (Wildman–Crippen LogP) is 6.21. The number of nitrogens with zero attached hydrogens (tertiary/aromatic N) is 1. The number of nitrogens with one attached hydrogen (secondary N) is 1. The van der Waals surface area contributed by atoms with E-state index >= 15 is 0 Å². The number of anilines is 1. The van der Waals surface area contributed by atoms with Crippen LogP contribution in [0.4, 0.5) is 5.13 Å². The fourth-order valence-corrected chi connectivity index (χ4v) is 5.02. The summed E-state index contributed by atoms with van der Waals surface area (Å²) < 4.78 is 0. The van der Waals surface area contributed by atoms with E-state index in [4.69, 9.17) is 0 Å². The second-order valence-corrected chi connectivity index (χ2v) is 8.81. The molecule has 0 radical (unpaired) electrons. The van der Waals surface area contributed by atoms with Crippen molar-refractivity contribution in [3.05, 3.63) is 82.9 Å². The summed E-state index contributed by atoms with van der Waals surface area (Å²) >= 11 is 1.52. The standard InChI is InChI=1S/C24H26N2OS/c1-17(2)20-16-28-23(25-20)26-22(27)24(14-9-15-24)21(18-10-5-3-6-11-18)19-12-7-4-8-13-19/h3-8,10-13,16-17,21H,9,14-15H2,1-2H3,(H,25,26,27). The Morgan fingerprint density at radius 2 is 1.57 bits per heavy atom. The van der Waals surface area contributed by atoms with Crippen molar-refractivity contribution < 1.29 is 4.79 Å². The highest BCUT2D eigenvalue weighted by Gasteiger charge is 2.51. The highest BCUT2D eigenvalue weighted by atomic mass is 32.1. The van der Waals surface area contributed by atoms with E-state index in [-0.39, 0.29) is 11.8 Å². The number of thiazole rings is 1. The molecule has 3 nitrogen and oxygen atoms in total. The lowest BCUT2D eigenvalue weighted by Gasteiger charge is -2.46. The third kappa shape index (κ3) is 3.49. The van der Waals surface area contributed by atoms with Gasteiger partial charge in [0.05, 0.1) is 11.1 Å². The summed E-state index contributed by atoms with van der Waals surface area (Å²) in [7, 11) is 0. The van der Waals surface area contributed by atoms with Gasteiger partial charge >= 0.3 is 0 Å². The van der Waals surface area contributed by atoms with Gasteiger partial charge in [-0.3, -0.25) is 4.79 Å². The van der Waals surface area contributed by atoms with Crippen LogP contribution in [-0.2, 0) is 4.79 Å². The highest BCUT2D eigenvalue weighted by molar-refractivity contribution is 7.13. The fraction of sp³-hybridized carbons (Fsp3) is 0.333. The van der Waals surface area contributed by atoms with Gasteiger partial charge in [0.2, 0.25) is 5.91 Å². The van der Waals surface area contributed by atoms with Crippen LogP contribution in [0.1, 0.15) is 61.8 Å². The number of hydrogen-bond donors (Lipinski definition) is 1. The molecule has 1 heterocycles. The lowest BCUT2D eigenvalue weighted by Crippen LogP contribution is -2.47. The quantitative estimate of drug-likeness (QED) is 0.544. The van der Waals surface area contributed by atoms with Gasteiger partial charge in [0.1, 0.15) is 0 Å². The first-order valence-corrected chi connectivity index (χ1v) is 10.8. The van der Waals surface area contributed by atoms with E-state index in [1.165, 1.54) is 22.5 Å². The molecule has 4 heteroatoms. The van der Waals surface area contributed by atoms with Gasteiger partial charge in [-0.05, 0) is 29.9 Å². The Labute approximate surface area is 170 Å². The summed E-state index contributed by atoms with van der Waals surface area (Å²) in [5.41, 5.74) is 3.01.